The molecule has 1 aromatic carbocycles. The van der Waals surface area contributed by atoms with E-state index in [1.54, 1.807) is 4.90 Å². The molecule has 0 saturated heterocycles. The van der Waals surface area contributed by atoms with Crippen LogP contribution in [0.4, 0.5) is 0 Å². The Kier molecular flexibility index (Phi) is 5.21. The van der Waals surface area contributed by atoms with Crippen LogP contribution < -0.4 is 5.32 Å². The Morgan fingerprint density at radius 2 is 2.21 bits per heavy atom. The molecule has 0 radical (unpaired) electrons. The summed E-state index contributed by atoms with van der Waals surface area (Å²) in [4.78, 5) is 23.6. The van der Waals surface area contributed by atoms with E-state index in [-0.39, 0.29) is 12.5 Å². The van der Waals surface area contributed by atoms with E-state index in [1.807, 2.05) is 44.3 Å². The average Bonchev–Trinajstić information content (AvgIpc) is 3.27. The van der Waals surface area contributed by atoms with E-state index in [2.05, 4.69) is 25.0 Å². The van der Waals surface area contributed by atoms with Gasteiger partial charge in [0, 0.05) is 44.4 Å². The minimum Gasteiger partial charge on any atom is -0.337 e. The van der Waals surface area contributed by atoms with Gasteiger partial charge in [0.2, 0.25) is 11.7 Å². The standard InChI is InChI=1S/C20H24N6O2/c1-3-25(20(27)16-12-26-10-9-21-8-7-17(26)22-16)13-18-23-19(24-28-18)15-6-4-5-14(2)11-15/h4-6,11-12,21H,3,7-10,13H2,1-2H3. The van der Waals surface area contributed by atoms with Crippen molar-refractivity contribution < 1.29 is 9.32 Å². The molecule has 0 fully saturated rings. The molecule has 2 aromatic heterocycles. The van der Waals surface area contributed by atoms with Gasteiger partial charge in [-0.25, -0.2) is 4.98 Å². The Balaban J connectivity index is 1.50. The molecule has 4 rings (SSSR count). The lowest BCUT2D eigenvalue weighted by atomic mass is 10.1. The van der Waals surface area contributed by atoms with Gasteiger partial charge in [0.15, 0.2) is 0 Å². The van der Waals surface area contributed by atoms with Gasteiger partial charge in [-0.05, 0) is 19.9 Å². The van der Waals surface area contributed by atoms with Crippen molar-refractivity contribution >= 4 is 5.91 Å². The minimum absolute atomic E-state index is 0.119. The van der Waals surface area contributed by atoms with Crippen molar-refractivity contribution in [1.29, 1.82) is 0 Å². The number of imidazole rings is 1. The number of carbonyl (C=O) groups excluding carboxylic acids is 1. The Morgan fingerprint density at radius 3 is 3.04 bits per heavy atom. The van der Waals surface area contributed by atoms with Crippen LogP contribution in [0, 0.1) is 6.92 Å². The third-order valence-electron chi connectivity index (χ3n) is 4.87. The molecule has 0 bridgehead atoms. The summed E-state index contributed by atoms with van der Waals surface area (Å²) in [6.07, 6.45) is 2.67. The summed E-state index contributed by atoms with van der Waals surface area (Å²) >= 11 is 0. The topological polar surface area (TPSA) is 89.1 Å². The van der Waals surface area contributed by atoms with Crippen LogP contribution in [-0.4, -0.2) is 50.1 Å². The van der Waals surface area contributed by atoms with Gasteiger partial charge < -0.3 is 19.3 Å². The van der Waals surface area contributed by atoms with Gasteiger partial charge in [-0.2, -0.15) is 4.98 Å². The summed E-state index contributed by atoms with van der Waals surface area (Å²) < 4.78 is 7.45. The van der Waals surface area contributed by atoms with Crippen LogP contribution in [0.3, 0.4) is 0 Å². The van der Waals surface area contributed by atoms with E-state index in [0.717, 1.165) is 43.0 Å². The Morgan fingerprint density at radius 1 is 1.32 bits per heavy atom. The number of benzene rings is 1. The second kappa shape index (κ2) is 7.93. The van der Waals surface area contributed by atoms with Gasteiger partial charge in [0.25, 0.3) is 5.91 Å². The number of fused-ring (bicyclic) bond motifs is 1. The molecule has 0 spiro atoms. The highest BCUT2D eigenvalue weighted by Gasteiger charge is 2.22. The fourth-order valence-corrected chi connectivity index (χ4v) is 3.35. The van der Waals surface area contributed by atoms with E-state index in [1.165, 1.54) is 0 Å². The number of rotatable bonds is 5. The SMILES string of the molecule is CCN(Cc1nc(-c2cccc(C)c2)no1)C(=O)c1cn2c(n1)CCNCC2. The van der Waals surface area contributed by atoms with Gasteiger partial charge in [-0.3, -0.25) is 4.79 Å². The van der Waals surface area contributed by atoms with Crippen LogP contribution in [0.1, 0.15) is 34.7 Å². The van der Waals surface area contributed by atoms with Crippen LogP contribution in [0.2, 0.25) is 0 Å². The maximum atomic E-state index is 13.0. The lowest BCUT2D eigenvalue weighted by Crippen LogP contribution is -2.30. The van der Waals surface area contributed by atoms with Crippen LogP contribution in [0.25, 0.3) is 11.4 Å². The first-order valence-corrected chi connectivity index (χ1v) is 9.59. The zero-order chi connectivity index (χ0) is 19.5. The zero-order valence-corrected chi connectivity index (χ0v) is 16.2. The average molecular weight is 380 g/mol. The van der Waals surface area contributed by atoms with Crippen molar-refractivity contribution in [3.05, 3.63) is 53.4 Å². The predicted octanol–water partition coefficient (Wildman–Crippen LogP) is 2.05. The van der Waals surface area contributed by atoms with Crippen LogP contribution >= 0.6 is 0 Å². The van der Waals surface area contributed by atoms with Crippen molar-refractivity contribution in [2.75, 3.05) is 19.6 Å². The number of nitrogens with zero attached hydrogens (tertiary/aromatic N) is 5. The summed E-state index contributed by atoms with van der Waals surface area (Å²) in [7, 11) is 0. The molecule has 3 heterocycles. The summed E-state index contributed by atoms with van der Waals surface area (Å²) in [5, 5.41) is 7.39. The molecule has 1 aliphatic heterocycles. The molecule has 8 nitrogen and oxygen atoms in total. The van der Waals surface area contributed by atoms with E-state index in [9.17, 15) is 4.79 Å². The third kappa shape index (κ3) is 3.82. The zero-order valence-electron chi connectivity index (χ0n) is 16.2. The maximum Gasteiger partial charge on any atom is 0.274 e. The highest BCUT2D eigenvalue weighted by molar-refractivity contribution is 5.92. The van der Waals surface area contributed by atoms with Crippen molar-refractivity contribution in [3.63, 3.8) is 0 Å². The lowest BCUT2D eigenvalue weighted by Gasteiger charge is -2.17. The van der Waals surface area contributed by atoms with E-state index in [0.29, 0.717) is 24.0 Å². The number of hydrogen-bond acceptors (Lipinski definition) is 6. The van der Waals surface area contributed by atoms with Crippen LogP contribution in [0.5, 0.6) is 0 Å². The highest BCUT2D eigenvalue weighted by atomic mass is 16.5. The molecule has 0 aliphatic carbocycles. The van der Waals surface area contributed by atoms with Crippen molar-refractivity contribution in [1.82, 2.24) is 29.9 Å². The molecular formula is C20H24N6O2. The Bertz CT molecular complexity index is 953. The highest BCUT2D eigenvalue weighted by Crippen LogP contribution is 2.18. The van der Waals surface area contributed by atoms with Crippen LogP contribution in [-0.2, 0) is 19.5 Å². The first-order valence-electron chi connectivity index (χ1n) is 9.59. The van der Waals surface area contributed by atoms with Crippen molar-refractivity contribution in [2.45, 2.75) is 33.4 Å². The third-order valence-corrected chi connectivity index (χ3v) is 4.87. The Hall–Kier alpha value is -3.00. The molecule has 3 aromatic rings. The minimum atomic E-state index is -0.119. The largest absolute Gasteiger partial charge is 0.337 e. The van der Waals surface area contributed by atoms with Crippen molar-refractivity contribution in [3.8, 4) is 11.4 Å². The summed E-state index contributed by atoms with van der Waals surface area (Å²) in [5.74, 6) is 1.77. The molecule has 146 valence electrons. The second-order valence-corrected chi connectivity index (χ2v) is 6.94. The Labute approximate surface area is 163 Å². The lowest BCUT2D eigenvalue weighted by molar-refractivity contribution is 0.0729. The number of aryl methyl sites for hydroxylation is 1. The number of hydrogen-bond donors (Lipinski definition) is 1. The van der Waals surface area contributed by atoms with Crippen LogP contribution in [0.15, 0.2) is 35.0 Å². The fourth-order valence-electron chi connectivity index (χ4n) is 3.35. The second-order valence-electron chi connectivity index (χ2n) is 6.94. The molecule has 1 N–H and O–H groups in total. The monoisotopic (exact) mass is 380 g/mol. The predicted molar refractivity (Wildman–Crippen MR) is 104 cm³/mol. The van der Waals surface area contributed by atoms with Gasteiger partial charge in [0.05, 0.1) is 0 Å². The number of carbonyl (C=O) groups is 1. The number of aromatic nitrogens is 4. The molecular weight excluding hydrogens is 356 g/mol. The van der Waals surface area contributed by atoms with E-state index >= 15 is 0 Å². The summed E-state index contributed by atoms with van der Waals surface area (Å²) in [5.41, 5.74) is 2.50. The van der Waals surface area contributed by atoms with Gasteiger partial charge in [-0.1, -0.05) is 28.9 Å². The normalized spacial score (nSPS) is 13.8. The molecule has 8 heteroatoms. The number of amides is 1. The first kappa shape index (κ1) is 18.4. The maximum absolute atomic E-state index is 13.0. The molecule has 1 amide bonds. The molecule has 0 saturated carbocycles. The van der Waals surface area contributed by atoms with E-state index in [4.69, 9.17) is 4.52 Å². The fraction of sp³-hybridized carbons (Fsp3) is 0.400. The van der Waals surface area contributed by atoms with Gasteiger partial charge >= 0.3 is 0 Å². The smallest absolute Gasteiger partial charge is 0.274 e. The molecule has 0 atom stereocenters. The quantitative estimate of drug-likeness (QED) is 0.729. The summed E-state index contributed by atoms with van der Waals surface area (Å²) in [6, 6.07) is 7.92. The molecule has 1 aliphatic rings. The van der Waals surface area contributed by atoms with Gasteiger partial charge in [-0.15, -0.1) is 0 Å². The summed E-state index contributed by atoms with van der Waals surface area (Å²) in [6.45, 7) is 7.34. The molecule has 28 heavy (non-hydrogen) atoms. The first-order chi connectivity index (χ1) is 13.6. The van der Waals surface area contributed by atoms with E-state index < -0.39 is 0 Å². The van der Waals surface area contributed by atoms with Crippen molar-refractivity contribution in [2.24, 2.45) is 0 Å². The van der Waals surface area contributed by atoms with Gasteiger partial charge in [0.1, 0.15) is 18.1 Å². The number of nitrogens with one attached hydrogen (secondary N) is 1. The molecule has 0 unspecified atom stereocenters.